The molecule has 3 nitrogen and oxygen atoms in total. The Morgan fingerprint density at radius 1 is 1.04 bits per heavy atom. The van der Waals surface area contributed by atoms with Crippen molar-refractivity contribution in [3.8, 4) is 11.4 Å². The maximum Gasteiger partial charge on any atom is 0.192 e. The highest BCUT2D eigenvalue weighted by Crippen LogP contribution is 2.26. The number of hydrogen-bond donors (Lipinski definition) is 0. The van der Waals surface area contributed by atoms with Crippen LogP contribution in [0.25, 0.3) is 17.5 Å². The highest BCUT2D eigenvalue weighted by Gasteiger charge is 2.15. The van der Waals surface area contributed by atoms with E-state index in [1.165, 1.54) is 6.07 Å². The Bertz CT molecular complexity index is 872. The van der Waals surface area contributed by atoms with Crippen molar-refractivity contribution in [1.82, 2.24) is 14.8 Å². The van der Waals surface area contributed by atoms with Crippen LogP contribution in [0.3, 0.4) is 0 Å². The predicted octanol–water partition coefficient (Wildman–Crippen LogP) is 5.08. The molecule has 0 spiro atoms. The molecule has 3 rings (SSSR count). The minimum atomic E-state index is -0.305. The van der Waals surface area contributed by atoms with Gasteiger partial charge in [-0.15, -0.1) is 16.8 Å². The standard InChI is InChI=1S/C20H18FN3S/c1-2-14-24-19(17-12-6-7-13-18(17)21)22-23-20(24)25-15-8-11-16-9-4-3-5-10-16/h2-13H,1,14-15H2/b11-8+. The zero-order chi connectivity index (χ0) is 17.5. The van der Waals surface area contributed by atoms with Crippen LogP contribution < -0.4 is 0 Å². The number of benzene rings is 2. The molecule has 1 aromatic heterocycles. The van der Waals surface area contributed by atoms with Crippen LogP contribution in [-0.4, -0.2) is 20.5 Å². The monoisotopic (exact) mass is 351 g/mol. The normalized spacial score (nSPS) is 11.1. The van der Waals surface area contributed by atoms with Crippen molar-refractivity contribution in [2.75, 3.05) is 5.75 Å². The van der Waals surface area contributed by atoms with E-state index in [9.17, 15) is 4.39 Å². The van der Waals surface area contributed by atoms with Crippen molar-refractivity contribution in [3.05, 3.63) is 84.7 Å². The van der Waals surface area contributed by atoms with Crippen molar-refractivity contribution < 1.29 is 4.39 Å². The van der Waals surface area contributed by atoms with E-state index >= 15 is 0 Å². The van der Waals surface area contributed by atoms with Crippen LogP contribution in [0.15, 0.2) is 78.5 Å². The number of halogens is 1. The molecule has 0 amide bonds. The van der Waals surface area contributed by atoms with E-state index in [0.717, 1.165) is 16.5 Å². The average Bonchev–Trinajstić information content (AvgIpc) is 3.03. The number of hydrogen-bond acceptors (Lipinski definition) is 3. The number of nitrogens with zero attached hydrogens (tertiary/aromatic N) is 3. The highest BCUT2D eigenvalue weighted by molar-refractivity contribution is 7.99. The van der Waals surface area contributed by atoms with Crippen LogP contribution in [0.4, 0.5) is 4.39 Å². The van der Waals surface area contributed by atoms with E-state index in [-0.39, 0.29) is 5.82 Å². The Labute approximate surface area is 150 Å². The molecular weight excluding hydrogens is 333 g/mol. The molecule has 0 saturated carbocycles. The summed E-state index contributed by atoms with van der Waals surface area (Å²) in [5.41, 5.74) is 1.60. The van der Waals surface area contributed by atoms with E-state index in [1.807, 2.05) is 22.8 Å². The predicted molar refractivity (Wildman–Crippen MR) is 102 cm³/mol. The summed E-state index contributed by atoms with van der Waals surface area (Å²) in [6.45, 7) is 4.31. The first-order chi connectivity index (χ1) is 12.3. The molecule has 126 valence electrons. The lowest BCUT2D eigenvalue weighted by Gasteiger charge is -2.07. The van der Waals surface area contributed by atoms with Gasteiger partial charge < -0.3 is 0 Å². The van der Waals surface area contributed by atoms with Gasteiger partial charge in [0.25, 0.3) is 0 Å². The van der Waals surface area contributed by atoms with Crippen LogP contribution in [0, 0.1) is 5.82 Å². The van der Waals surface area contributed by atoms with Crippen LogP contribution in [0.2, 0.25) is 0 Å². The number of thioether (sulfide) groups is 1. The van der Waals surface area contributed by atoms with Gasteiger partial charge in [-0.1, -0.05) is 72.5 Å². The van der Waals surface area contributed by atoms with Gasteiger partial charge in [0.2, 0.25) is 0 Å². The van der Waals surface area contributed by atoms with Crippen molar-refractivity contribution in [3.63, 3.8) is 0 Å². The Kier molecular flexibility index (Phi) is 5.80. The van der Waals surface area contributed by atoms with Gasteiger partial charge in [0, 0.05) is 12.3 Å². The third kappa shape index (κ3) is 4.25. The molecule has 5 heteroatoms. The smallest absolute Gasteiger partial charge is 0.192 e. The zero-order valence-electron chi connectivity index (χ0n) is 13.7. The summed E-state index contributed by atoms with van der Waals surface area (Å²) in [7, 11) is 0. The fourth-order valence-corrected chi connectivity index (χ4v) is 3.16. The fourth-order valence-electron chi connectivity index (χ4n) is 2.40. The fraction of sp³-hybridized carbons (Fsp3) is 0.100. The minimum Gasteiger partial charge on any atom is -0.298 e. The lowest BCUT2D eigenvalue weighted by Crippen LogP contribution is -2.01. The van der Waals surface area contributed by atoms with Crippen LogP contribution >= 0.6 is 11.8 Å². The summed E-state index contributed by atoms with van der Waals surface area (Å²) in [4.78, 5) is 0. The van der Waals surface area contributed by atoms with E-state index < -0.39 is 0 Å². The number of allylic oxidation sites excluding steroid dienone is 1. The van der Waals surface area contributed by atoms with Crippen molar-refractivity contribution in [2.45, 2.75) is 11.7 Å². The Morgan fingerprint density at radius 2 is 1.80 bits per heavy atom. The van der Waals surface area contributed by atoms with Crippen LogP contribution in [-0.2, 0) is 6.54 Å². The van der Waals surface area contributed by atoms with Gasteiger partial charge in [0.1, 0.15) is 5.82 Å². The molecule has 0 unspecified atom stereocenters. The van der Waals surface area contributed by atoms with Gasteiger partial charge in [-0.05, 0) is 17.7 Å². The first-order valence-corrected chi connectivity index (χ1v) is 8.91. The third-order valence-corrected chi connectivity index (χ3v) is 4.48. The molecule has 0 radical (unpaired) electrons. The molecule has 0 atom stereocenters. The van der Waals surface area contributed by atoms with E-state index in [2.05, 4.69) is 41.1 Å². The Hall–Kier alpha value is -2.66. The number of rotatable bonds is 7. The second kappa shape index (κ2) is 8.44. The quantitative estimate of drug-likeness (QED) is 0.439. The largest absolute Gasteiger partial charge is 0.298 e. The lowest BCUT2D eigenvalue weighted by molar-refractivity contribution is 0.626. The molecule has 0 bridgehead atoms. The summed E-state index contributed by atoms with van der Waals surface area (Å²) in [5, 5.41) is 9.15. The second-order valence-electron chi connectivity index (χ2n) is 5.31. The summed E-state index contributed by atoms with van der Waals surface area (Å²) in [6.07, 6.45) is 5.91. The summed E-state index contributed by atoms with van der Waals surface area (Å²) >= 11 is 1.56. The van der Waals surface area contributed by atoms with Gasteiger partial charge in [0.05, 0.1) is 5.56 Å². The molecule has 0 fully saturated rings. The van der Waals surface area contributed by atoms with Gasteiger partial charge in [-0.3, -0.25) is 4.57 Å². The van der Waals surface area contributed by atoms with Gasteiger partial charge in [-0.2, -0.15) is 0 Å². The first kappa shape index (κ1) is 17.2. The molecule has 0 saturated heterocycles. The molecule has 2 aromatic carbocycles. The molecule has 1 heterocycles. The maximum absolute atomic E-state index is 14.1. The minimum absolute atomic E-state index is 0.305. The molecule has 3 aromatic rings. The molecule has 0 N–H and O–H groups in total. The summed E-state index contributed by atoms with van der Waals surface area (Å²) < 4.78 is 16.0. The molecule has 0 aliphatic rings. The van der Waals surface area contributed by atoms with E-state index in [0.29, 0.717) is 17.9 Å². The average molecular weight is 351 g/mol. The molecule has 0 aliphatic heterocycles. The van der Waals surface area contributed by atoms with Crippen LogP contribution in [0.5, 0.6) is 0 Å². The third-order valence-electron chi connectivity index (χ3n) is 3.56. The van der Waals surface area contributed by atoms with Gasteiger partial charge in [-0.25, -0.2) is 4.39 Å². The molecular formula is C20H18FN3S. The second-order valence-corrected chi connectivity index (χ2v) is 6.30. The summed E-state index contributed by atoms with van der Waals surface area (Å²) in [6, 6.07) is 16.7. The van der Waals surface area contributed by atoms with Crippen molar-refractivity contribution in [2.24, 2.45) is 0 Å². The lowest BCUT2D eigenvalue weighted by atomic mass is 10.2. The van der Waals surface area contributed by atoms with Gasteiger partial charge in [0.15, 0.2) is 11.0 Å². The van der Waals surface area contributed by atoms with Gasteiger partial charge >= 0.3 is 0 Å². The van der Waals surface area contributed by atoms with E-state index in [4.69, 9.17) is 0 Å². The zero-order valence-corrected chi connectivity index (χ0v) is 14.5. The highest BCUT2D eigenvalue weighted by atomic mass is 32.2. The Balaban J connectivity index is 1.77. The van der Waals surface area contributed by atoms with E-state index in [1.54, 1.807) is 36.0 Å². The molecule has 25 heavy (non-hydrogen) atoms. The number of aromatic nitrogens is 3. The van der Waals surface area contributed by atoms with Crippen LogP contribution in [0.1, 0.15) is 5.56 Å². The Morgan fingerprint density at radius 3 is 2.56 bits per heavy atom. The molecule has 0 aliphatic carbocycles. The SMILES string of the molecule is C=CCn1c(SC/C=C/c2ccccc2)nnc1-c1ccccc1F. The summed E-state index contributed by atoms with van der Waals surface area (Å²) in [5.74, 6) is 0.967. The van der Waals surface area contributed by atoms with Crippen molar-refractivity contribution in [1.29, 1.82) is 0 Å². The van der Waals surface area contributed by atoms with Crippen molar-refractivity contribution >= 4 is 17.8 Å². The first-order valence-electron chi connectivity index (χ1n) is 7.93. The topological polar surface area (TPSA) is 30.7 Å². The maximum atomic E-state index is 14.1.